The lowest BCUT2D eigenvalue weighted by Crippen LogP contribution is -2.50. The minimum atomic E-state index is -0.818. The van der Waals surface area contributed by atoms with E-state index in [0.29, 0.717) is 6.42 Å². The molecule has 0 aliphatic rings. The Balaban J connectivity index is 2.85. The molecule has 0 fully saturated rings. The summed E-state index contributed by atoms with van der Waals surface area (Å²) in [5, 5.41) is 13.1. The number of carboxylic acid groups (broad SMARTS) is 1. The first-order valence-corrected chi connectivity index (χ1v) is 5.33. The molecule has 14 heavy (non-hydrogen) atoms. The largest absolute Gasteiger partial charge is 0.480 e. The summed E-state index contributed by atoms with van der Waals surface area (Å²) in [6, 6.07) is 1.97. The van der Waals surface area contributed by atoms with Crippen LogP contribution in [0, 0.1) is 0 Å². The lowest BCUT2D eigenvalue weighted by Gasteiger charge is -2.31. The molecule has 1 N–H and O–H groups in total. The number of hydrogen-bond acceptors (Lipinski definition) is 3. The molecule has 0 bridgehead atoms. The first kappa shape index (κ1) is 11.2. The second-order valence-electron chi connectivity index (χ2n) is 3.78. The minimum absolute atomic E-state index is 0.541. The molecule has 3 nitrogen and oxygen atoms in total. The minimum Gasteiger partial charge on any atom is -0.480 e. The van der Waals surface area contributed by atoms with Gasteiger partial charge in [0.25, 0.3) is 0 Å². The average Bonchev–Trinajstić information content (AvgIpc) is 2.55. The van der Waals surface area contributed by atoms with Crippen molar-refractivity contribution < 1.29 is 9.90 Å². The molecule has 4 heteroatoms. The van der Waals surface area contributed by atoms with E-state index < -0.39 is 11.5 Å². The lowest BCUT2D eigenvalue weighted by molar-refractivity contribution is -0.148. The third kappa shape index (κ3) is 2.13. The van der Waals surface area contributed by atoms with Gasteiger partial charge >= 0.3 is 5.97 Å². The van der Waals surface area contributed by atoms with Crippen LogP contribution in [-0.4, -0.2) is 35.6 Å². The molecule has 0 saturated carbocycles. The van der Waals surface area contributed by atoms with Gasteiger partial charge in [-0.05, 0) is 43.4 Å². The van der Waals surface area contributed by atoms with Crippen LogP contribution in [0.1, 0.15) is 12.5 Å². The standard InChI is InChI=1S/C10H15NO2S/c1-10(9(12)13,11(2)3)6-8-4-5-14-7-8/h4-5,7H,6H2,1-3H3,(H,12,13). The molecule has 1 heterocycles. The number of nitrogens with zero attached hydrogens (tertiary/aromatic N) is 1. The fraction of sp³-hybridized carbons (Fsp3) is 0.500. The fourth-order valence-corrected chi connectivity index (χ4v) is 1.88. The molecule has 1 aromatic rings. The van der Waals surface area contributed by atoms with Gasteiger partial charge in [-0.1, -0.05) is 0 Å². The lowest BCUT2D eigenvalue weighted by atomic mass is 9.93. The monoisotopic (exact) mass is 213 g/mol. The van der Waals surface area contributed by atoms with Crippen molar-refractivity contribution in [2.24, 2.45) is 0 Å². The van der Waals surface area contributed by atoms with E-state index in [-0.39, 0.29) is 0 Å². The molecule has 1 aromatic heterocycles. The second kappa shape index (κ2) is 4.11. The summed E-state index contributed by atoms with van der Waals surface area (Å²) < 4.78 is 0. The molecule has 0 aromatic carbocycles. The molecule has 78 valence electrons. The second-order valence-corrected chi connectivity index (χ2v) is 4.56. The van der Waals surface area contributed by atoms with Gasteiger partial charge in [0, 0.05) is 6.42 Å². The molecular weight excluding hydrogens is 198 g/mol. The van der Waals surface area contributed by atoms with Gasteiger partial charge in [0.15, 0.2) is 0 Å². The van der Waals surface area contributed by atoms with Crippen LogP contribution in [0.5, 0.6) is 0 Å². The van der Waals surface area contributed by atoms with E-state index in [0.717, 1.165) is 5.56 Å². The van der Waals surface area contributed by atoms with Gasteiger partial charge in [0.2, 0.25) is 0 Å². The highest BCUT2D eigenvalue weighted by molar-refractivity contribution is 7.07. The Labute approximate surface area is 88.0 Å². The zero-order chi connectivity index (χ0) is 10.8. The van der Waals surface area contributed by atoms with Crippen molar-refractivity contribution >= 4 is 17.3 Å². The van der Waals surface area contributed by atoms with Gasteiger partial charge in [0.1, 0.15) is 5.54 Å². The molecule has 1 rings (SSSR count). The smallest absolute Gasteiger partial charge is 0.324 e. The van der Waals surface area contributed by atoms with Gasteiger partial charge in [0.05, 0.1) is 0 Å². The van der Waals surface area contributed by atoms with Crippen molar-refractivity contribution in [1.29, 1.82) is 0 Å². The van der Waals surface area contributed by atoms with E-state index in [1.54, 1.807) is 37.3 Å². The van der Waals surface area contributed by atoms with Gasteiger partial charge in [-0.25, -0.2) is 0 Å². The summed E-state index contributed by atoms with van der Waals surface area (Å²) in [5.74, 6) is -0.784. The maximum absolute atomic E-state index is 11.2. The fourth-order valence-electron chi connectivity index (χ4n) is 1.22. The third-order valence-electron chi connectivity index (χ3n) is 2.58. The molecule has 0 amide bonds. The number of carbonyl (C=O) groups is 1. The van der Waals surface area contributed by atoms with E-state index in [9.17, 15) is 4.79 Å². The van der Waals surface area contributed by atoms with Crippen LogP contribution in [0.25, 0.3) is 0 Å². The van der Waals surface area contributed by atoms with E-state index in [1.807, 2.05) is 16.8 Å². The zero-order valence-electron chi connectivity index (χ0n) is 8.65. The Morgan fingerprint density at radius 1 is 1.64 bits per heavy atom. The van der Waals surface area contributed by atoms with Crippen LogP contribution < -0.4 is 0 Å². The Bertz CT molecular complexity index is 308. The van der Waals surface area contributed by atoms with Crippen molar-refractivity contribution in [1.82, 2.24) is 4.90 Å². The zero-order valence-corrected chi connectivity index (χ0v) is 9.47. The summed E-state index contributed by atoms with van der Waals surface area (Å²) >= 11 is 1.59. The van der Waals surface area contributed by atoms with Gasteiger partial charge in [-0.3, -0.25) is 9.69 Å². The Hall–Kier alpha value is -0.870. The number of thiophene rings is 1. The van der Waals surface area contributed by atoms with E-state index in [4.69, 9.17) is 5.11 Å². The van der Waals surface area contributed by atoms with Crippen molar-refractivity contribution in [2.75, 3.05) is 14.1 Å². The molecule has 0 saturated heterocycles. The number of aliphatic carboxylic acids is 1. The summed E-state index contributed by atoms with van der Waals surface area (Å²) in [6.45, 7) is 1.74. The van der Waals surface area contributed by atoms with Gasteiger partial charge in [-0.15, -0.1) is 0 Å². The molecule has 0 aliphatic heterocycles. The molecule has 0 radical (unpaired) electrons. The summed E-state index contributed by atoms with van der Waals surface area (Å²) in [5.41, 5.74) is 0.259. The SMILES string of the molecule is CN(C)C(C)(Cc1ccsc1)C(=O)O. The summed E-state index contributed by atoms with van der Waals surface area (Å²) in [6.07, 6.45) is 0.541. The normalized spacial score (nSPS) is 15.4. The van der Waals surface area contributed by atoms with E-state index in [1.165, 1.54) is 0 Å². The van der Waals surface area contributed by atoms with Crippen LogP contribution >= 0.6 is 11.3 Å². The molecule has 1 unspecified atom stereocenters. The highest BCUT2D eigenvalue weighted by Crippen LogP contribution is 2.20. The van der Waals surface area contributed by atoms with Crippen LogP contribution in [-0.2, 0) is 11.2 Å². The first-order valence-electron chi connectivity index (χ1n) is 4.38. The van der Waals surface area contributed by atoms with Crippen LogP contribution in [0.3, 0.4) is 0 Å². The quantitative estimate of drug-likeness (QED) is 0.827. The third-order valence-corrected chi connectivity index (χ3v) is 3.31. The number of hydrogen-bond donors (Lipinski definition) is 1. The van der Waals surface area contributed by atoms with Crippen molar-refractivity contribution in [3.63, 3.8) is 0 Å². The molecule has 1 atom stereocenters. The summed E-state index contributed by atoms with van der Waals surface area (Å²) in [4.78, 5) is 12.9. The van der Waals surface area contributed by atoms with Crippen LogP contribution in [0.2, 0.25) is 0 Å². The first-order chi connectivity index (χ1) is 6.47. The number of rotatable bonds is 4. The Morgan fingerprint density at radius 3 is 2.64 bits per heavy atom. The van der Waals surface area contributed by atoms with Gasteiger partial charge in [-0.2, -0.15) is 11.3 Å². The van der Waals surface area contributed by atoms with E-state index in [2.05, 4.69) is 0 Å². The van der Waals surface area contributed by atoms with Crippen molar-refractivity contribution in [2.45, 2.75) is 18.9 Å². The predicted octanol–water partition coefficient (Wildman–Crippen LogP) is 1.70. The summed E-state index contributed by atoms with van der Waals surface area (Å²) in [7, 11) is 3.58. The maximum Gasteiger partial charge on any atom is 0.324 e. The van der Waals surface area contributed by atoms with Gasteiger partial charge < -0.3 is 5.11 Å². The average molecular weight is 213 g/mol. The topological polar surface area (TPSA) is 40.5 Å². The number of likely N-dealkylation sites (N-methyl/N-ethyl adjacent to an activating group) is 1. The highest BCUT2D eigenvalue weighted by Gasteiger charge is 2.35. The van der Waals surface area contributed by atoms with E-state index >= 15 is 0 Å². The van der Waals surface area contributed by atoms with Crippen LogP contribution in [0.15, 0.2) is 16.8 Å². The number of carboxylic acids is 1. The Kier molecular flexibility index (Phi) is 3.29. The van der Waals surface area contributed by atoms with Crippen LogP contribution in [0.4, 0.5) is 0 Å². The predicted molar refractivity (Wildman–Crippen MR) is 57.8 cm³/mol. The maximum atomic E-state index is 11.2. The van der Waals surface area contributed by atoms with Crippen molar-refractivity contribution in [3.05, 3.63) is 22.4 Å². The van der Waals surface area contributed by atoms with Crippen molar-refractivity contribution in [3.8, 4) is 0 Å². The molecular formula is C10H15NO2S. The Morgan fingerprint density at radius 2 is 2.29 bits per heavy atom. The highest BCUT2D eigenvalue weighted by atomic mass is 32.1. The molecule has 0 spiro atoms. The molecule has 0 aliphatic carbocycles.